The Morgan fingerprint density at radius 3 is 2.88 bits per heavy atom. The maximum atomic E-state index is 11.2. The molecule has 0 aromatic carbocycles. The molecule has 0 atom stereocenters. The predicted octanol–water partition coefficient (Wildman–Crippen LogP) is -2.73. The molecular weight excluding hydrogens is 216 g/mol. The van der Waals surface area contributed by atoms with Crippen LogP contribution in [-0.4, -0.2) is 33.4 Å². The molecule has 0 aliphatic carbocycles. The Hall–Kier alpha value is -2.00. The zero-order valence-corrected chi connectivity index (χ0v) is 8.42. The average Bonchev–Trinajstić information content (AvgIpc) is 2.65. The minimum atomic E-state index is -0.675. The quantitative estimate of drug-likeness (QED) is 0.452. The van der Waals surface area contributed by atoms with Crippen molar-refractivity contribution in [1.82, 2.24) is 20.5 Å². The summed E-state index contributed by atoms with van der Waals surface area (Å²) in [4.78, 5) is 26.0. The third-order valence-electron chi connectivity index (χ3n) is 1.50. The zero-order chi connectivity index (χ0) is 12.0. The van der Waals surface area contributed by atoms with Crippen LogP contribution in [0.3, 0.4) is 0 Å². The van der Waals surface area contributed by atoms with Crippen molar-refractivity contribution >= 4 is 11.8 Å². The summed E-state index contributed by atoms with van der Waals surface area (Å²) in [6.07, 6.45) is 1.54. The molecule has 0 saturated carbocycles. The highest BCUT2D eigenvalue weighted by molar-refractivity contribution is 5.76. The standard InChI is InChI=1S/C7H12N6O3/c8-1-5-2-13(12-10-5)3-7(15)11-16-4-6(9)14/h2H,1,3-4,8H2,(H2,9,14)(H,11,15). The topological polar surface area (TPSA) is 138 Å². The van der Waals surface area contributed by atoms with E-state index in [1.807, 2.05) is 5.48 Å². The molecule has 5 N–H and O–H groups in total. The fourth-order valence-corrected chi connectivity index (χ4v) is 0.876. The number of primary amides is 1. The Kier molecular flexibility index (Phi) is 4.36. The Morgan fingerprint density at radius 1 is 1.56 bits per heavy atom. The van der Waals surface area contributed by atoms with Crippen LogP contribution in [0.15, 0.2) is 6.20 Å². The van der Waals surface area contributed by atoms with Crippen LogP contribution in [0, 0.1) is 0 Å². The maximum absolute atomic E-state index is 11.2. The number of hydrogen-bond donors (Lipinski definition) is 3. The summed E-state index contributed by atoms with van der Waals surface area (Å²) in [6, 6.07) is 0. The van der Waals surface area contributed by atoms with Crippen LogP contribution in [0.5, 0.6) is 0 Å². The minimum absolute atomic E-state index is 0.0776. The number of nitrogens with two attached hydrogens (primary N) is 2. The Balaban J connectivity index is 2.31. The third-order valence-corrected chi connectivity index (χ3v) is 1.50. The van der Waals surface area contributed by atoms with Gasteiger partial charge in [0, 0.05) is 6.54 Å². The summed E-state index contributed by atoms with van der Waals surface area (Å²) >= 11 is 0. The van der Waals surface area contributed by atoms with E-state index in [9.17, 15) is 9.59 Å². The molecule has 1 aromatic rings. The Labute approximate surface area is 90.7 Å². The van der Waals surface area contributed by atoms with Gasteiger partial charge in [0.05, 0.1) is 11.9 Å². The second-order valence-corrected chi connectivity index (χ2v) is 2.89. The number of rotatable bonds is 6. The van der Waals surface area contributed by atoms with Gasteiger partial charge in [-0.05, 0) is 0 Å². The number of nitrogens with zero attached hydrogens (tertiary/aromatic N) is 3. The highest BCUT2D eigenvalue weighted by Gasteiger charge is 2.05. The molecule has 1 heterocycles. The molecule has 1 rings (SSSR count). The van der Waals surface area contributed by atoms with Crippen LogP contribution in [0.4, 0.5) is 0 Å². The van der Waals surface area contributed by atoms with Crippen molar-refractivity contribution in [1.29, 1.82) is 0 Å². The van der Waals surface area contributed by atoms with Gasteiger partial charge in [0.1, 0.15) is 6.54 Å². The lowest BCUT2D eigenvalue weighted by atomic mass is 10.5. The molecule has 16 heavy (non-hydrogen) atoms. The molecule has 0 aliphatic heterocycles. The van der Waals surface area contributed by atoms with Crippen molar-refractivity contribution in [2.75, 3.05) is 6.61 Å². The van der Waals surface area contributed by atoms with Crippen LogP contribution in [0.1, 0.15) is 5.69 Å². The highest BCUT2D eigenvalue weighted by Crippen LogP contribution is 1.90. The number of amides is 2. The van der Waals surface area contributed by atoms with Crippen LogP contribution >= 0.6 is 0 Å². The lowest BCUT2D eigenvalue weighted by molar-refractivity contribution is -0.138. The predicted molar refractivity (Wildman–Crippen MR) is 51.2 cm³/mol. The van der Waals surface area contributed by atoms with Gasteiger partial charge in [0.25, 0.3) is 5.91 Å². The number of hydroxylamine groups is 1. The molecule has 0 aliphatic rings. The van der Waals surface area contributed by atoms with Crippen LogP contribution in [0.25, 0.3) is 0 Å². The second kappa shape index (κ2) is 5.78. The summed E-state index contributed by atoms with van der Waals surface area (Å²) in [5.41, 5.74) is 12.7. The first kappa shape index (κ1) is 12.1. The first-order valence-corrected chi connectivity index (χ1v) is 4.40. The summed E-state index contributed by atoms with van der Waals surface area (Å²) < 4.78 is 1.30. The van der Waals surface area contributed by atoms with E-state index >= 15 is 0 Å². The van der Waals surface area contributed by atoms with E-state index in [2.05, 4.69) is 15.1 Å². The number of aromatic nitrogens is 3. The van der Waals surface area contributed by atoms with E-state index in [-0.39, 0.29) is 19.7 Å². The summed E-state index contributed by atoms with van der Waals surface area (Å²) in [6.45, 7) is -0.206. The highest BCUT2D eigenvalue weighted by atomic mass is 16.7. The van der Waals surface area contributed by atoms with E-state index in [1.54, 1.807) is 0 Å². The smallest absolute Gasteiger partial charge is 0.265 e. The maximum Gasteiger partial charge on any atom is 0.265 e. The normalized spacial score (nSPS) is 10.1. The number of carbonyl (C=O) groups is 2. The first-order chi connectivity index (χ1) is 7.61. The largest absolute Gasteiger partial charge is 0.368 e. The molecule has 0 saturated heterocycles. The molecule has 0 spiro atoms. The van der Waals surface area contributed by atoms with E-state index in [1.165, 1.54) is 10.9 Å². The molecule has 1 aromatic heterocycles. The van der Waals surface area contributed by atoms with Crippen molar-refractivity contribution in [3.63, 3.8) is 0 Å². The number of hydrogen-bond acceptors (Lipinski definition) is 6. The van der Waals surface area contributed by atoms with Gasteiger partial charge in [-0.15, -0.1) is 5.10 Å². The van der Waals surface area contributed by atoms with Crippen molar-refractivity contribution in [3.05, 3.63) is 11.9 Å². The Bertz CT molecular complexity index is 376. The molecular formula is C7H12N6O3. The molecule has 9 heteroatoms. The molecule has 2 amide bonds. The SMILES string of the molecule is NCc1cn(CC(=O)NOCC(N)=O)nn1. The van der Waals surface area contributed by atoms with Crippen molar-refractivity contribution in [2.45, 2.75) is 13.1 Å². The number of nitrogens with one attached hydrogen (secondary N) is 1. The van der Waals surface area contributed by atoms with Gasteiger partial charge in [-0.1, -0.05) is 5.21 Å². The van der Waals surface area contributed by atoms with Gasteiger partial charge in [-0.2, -0.15) is 0 Å². The van der Waals surface area contributed by atoms with Gasteiger partial charge in [-0.25, -0.2) is 10.2 Å². The van der Waals surface area contributed by atoms with E-state index in [0.717, 1.165) is 0 Å². The minimum Gasteiger partial charge on any atom is -0.368 e. The molecule has 88 valence electrons. The lowest BCUT2D eigenvalue weighted by Gasteiger charge is -2.03. The van der Waals surface area contributed by atoms with Crippen molar-refractivity contribution in [3.8, 4) is 0 Å². The van der Waals surface area contributed by atoms with Crippen LogP contribution in [-0.2, 0) is 27.5 Å². The summed E-state index contributed by atoms with van der Waals surface area (Å²) in [7, 11) is 0. The summed E-state index contributed by atoms with van der Waals surface area (Å²) in [5.74, 6) is -1.15. The van der Waals surface area contributed by atoms with Gasteiger partial charge >= 0.3 is 0 Å². The zero-order valence-electron chi connectivity index (χ0n) is 8.42. The Morgan fingerprint density at radius 2 is 2.31 bits per heavy atom. The van der Waals surface area contributed by atoms with Gasteiger partial charge in [0.15, 0.2) is 6.61 Å². The van der Waals surface area contributed by atoms with Gasteiger partial charge in [0.2, 0.25) is 5.91 Å². The van der Waals surface area contributed by atoms with E-state index < -0.39 is 11.8 Å². The monoisotopic (exact) mass is 228 g/mol. The molecule has 0 unspecified atom stereocenters. The van der Waals surface area contributed by atoms with E-state index in [4.69, 9.17) is 11.5 Å². The van der Waals surface area contributed by atoms with Gasteiger partial charge in [-0.3, -0.25) is 14.4 Å². The molecule has 0 radical (unpaired) electrons. The fourth-order valence-electron chi connectivity index (χ4n) is 0.876. The van der Waals surface area contributed by atoms with Gasteiger partial charge < -0.3 is 11.5 Å². The van der Waals surface area contributed by atoms with Crippen molar-refractivity contribution in [2.24, 2.45) is 11.5 Å². The first-order valence-electron chi connectivity index (χ1n) is 4.40. The number of carbonyl (C=O) groups excluding carboxylic acids is 2. The molecule has 9 nitrogen and oxygen atoms in total. The fraction of sp³-hybridized carbons (Fsp3) is 0.429. The molecule has 0 bridgehead atoms. The van der Waals surface area contributed by atoms with E-state index in [0.29, 0.717) is 5.69 Å². The van der Waals surface area contributed by atoms with Crippen LogP contribution in [0.2, 0.25) is 0 Å². The lowest BCUT2D eigenvalue weighted by Crippen LogP contribution is -2.31. The summed E-state index contributed by atoms with van der Waals surface area (Å²) in [5, 5.41) is 7.34. The third kappa shape index (κ3) is 4.02. The second-order valence-electron chi connectivity index (χ2n) is 2.89. The average molecular weight is 228 g/mol. The molecule has 0 fully saturated rings. The van der Waals surface area contributed by atoms with Crippen molar-refractivity contribution < 1.29 is 14.4 Å². The van der Waals surface area contributed by atoms with Crippen LogP contribution < -0.4 is 16.9 Å².